The van der Waals surface area contributed by atoms with E-state index < -0.39 is 18.2 Å². The summed E-state index contributed by atoms with van der Waals surface area (Å²) in [4.78, 5) is 12.5. The highest BCUT2D eigenvalue weighted by atomic mass is 16.3. The highest BCUT2D eigenvalue weighted by molar-refractivity contribution is 5.76. The first-order chi connectivity index (χ1) is 27.0. The minimum absolute atomic E-state index is 0.0368. The molecule has 326 valence electrons. The molecule has 0 aromatic rings. The highest BCUT2D eigenvalue weighted by Gasteiger charge is 2.21. The van der Waals surface area contributed by atoms with Crippen molar-refractivity contribution in [2.75, 3.05) is 6.61 Å². The van der Waals surface area contributed by atoms with Gasteiger partial charge in [-0.25, -0.2) is 0 Å². The number of aliphatic hydroxyl groups is 3. The van der Waals surface area contributed by atoms with Gasteiger partial charge in [0.25, 0.3) is 0 Å². The van der Waals surface area contributed by atoms with E-state index in [9.17, 15) is 20.1 Å². The summed E-state index contributed by atoms with van der Waals surface area (Å²) in [7, 11) is 0. The van der Waals surface area contributed by atoms with Crippen LogP contribution in [0.15, 0.2) is 24.3 Å². The van der Waals surface area contributed by atoms with E-state index in [0.717, 1.165) is 32.1 Å². The highest BCUT2D eigenvalue weighted by Crippen LogP contribution is 2.16. The van der Waals surface area contributed by atoms with Gasteiger partial charge in [-0.2, -0.15) is 0 Å². The number of allylic oxidation sites excluding steroid dienone is 4. The van der Waals surface area contributed by atoms with Gasteiger partial charge in [0.05, 0.1) is 31.3 Å². The van der Waals surface area contributed by atoms with Crippen molar-refractivity contribution in [3.8, 4) is 0 Å². The molecule has 0 saturated heterocycles. The maximum Gasteiger partial charge on any atom is 0.222 e. The third-order valence-corrected chi connectivity index (χ3v) is 11.5. The van der Waals surface area contributed by atoms with Crippen LogP contribution >= 0.6 is 0 Å². The quantitative estimate of drug-likeness (QED) is 0.0366. The molecule has 0 fully saturated rings. The van der Waals surface area contributed by atoms with Crippen molar-refractivity contribution in [1.29, 1.82) is 0 Å². The molecule has 4 N–H and O–H groups in total. The second-order valence-corrected chi connectivity index (χ2v) is 17.1. The number of carbonyl (C=O) groups is 1. The fourth-order valence-electron chi connectivity index (χ4n) is 7.73. The van der Waals surface area contributed by atoms with Crippen LogP contribution in [0.5, 0.6) is 0 Å². The fraction of sp³-hybridized carbons (Fsp3) is 0.900. The number of unbranched alkanes of at least 4 members (excludes halogenated alkanes) is 32. The Bertz CT molecular complexity index is 814. The van der Waals surface area contributed by atoms with E-state index >= 15 is 0 Å². The molecule has 55 heavy (non-hydrogen) atoms. The fourth-order valence-corrected chi connectivity index (χ4v) is 7.73. The average Bonchev–Trinajstić information content (AvgIpc) is 3.18. The number of hydrogen-bond acceptors (Lipinski definition) is 4. The Morgan fingerprint density at radius 1 is 0.455 bits per heavy atom. The number of nitrogens with one attached hydrogen (secondary N) is 1. The molecule has 0 aromatic carbocycles. The standard InChI is InChI=1S/C50H97NO4/c1-3-5-7-9-11-13-15-17-18-19-20-21-22-23-24-25-26-27-28-29-30-32-33-35-37-39-41-43-47(53)45-50(55)51-48(46-52)49(54)44-42-40-38-36-34-31-16-14-12-10-8-6-4-2/h20-21,23-24,47-49,52-54H,3-19,22,25-46H2,1-2H3,(H,51,55)/b21-20-,24-23-. The lowest BCUT2D eigenvalue weighted by atomic mass is 10.0. The van der Waals surface area contributed by atoms with Crippen LogP contribution < -0.4 is 5.32 Å². The molecule has 0 saturated carbocycles. The monoisotopic (exact) mass is 776 g/mol. The van der Waals surface area contributed by atoms with Crippen molar-refractivity contribution in [1.82, 2.24) is 5.32 Å². The van der Waals surface area contributed by atoms with Gasteiger partial charge < -0.3 is 20.6 Å². The minimum atomic E-state index is -0.747. The van der Waals surface area contributed by atoms with E-state index in [1.165, 1.54) is 199 Å². The molecule has 0 aliphatic carbocycles. The summed E-state index contributed by atoms with van der Waals surface area (Å²) in [6.07, 6.45) is 55.9. The molecule has 1 amide bonds. The summed E-state index contributed by atoms with van der Waals surface area (Å²) >= 11 is 0. The van der Waals surface area contributed by atoms with Crippen LogP contribution in [0.3, 0.4) is 0 Å². The van der Waals surface area contributed by atoms with E-state index in [1.807, 2.05) is 0 Å². The van der Waals surface area contributed by atoms with Crippen LogP contribution in [-0.2, 0) is 4.79 Å². The first-order valence-corrected chi connectivity index (χ1v) is 24.6. The zero-order valence-electron chi connectivity index (χ0n) is 37.1. The predicted octanol–water partition coefficient (Wildman–Crippen LogP) is 14.6. The molecule has 0 heterocycles. The van der Waals surface area contributed by atoms with Crippen LogP contribution in [0.25, 0.3) is 0 Å². The third-order valence-electron chi connectivity index (χ3n) is 11.5. The molecule has 0 spiro atoms. The Morgan fingerprint density at radius 3 is 1.15 bits per heavy atom. The molecule has 3 unspecified atom stereocenters. The molecule has 0 bridgehead atoms. The van der Waals surface area contributed by atoms with Crippen molar-refractivity contribution in [2.24, 2.45) is 0 Å². The van der Waals surface area contributed by atoms with E-state index in [-0.39, 0.29) is 18.9 Å². The lowest BCUT2D eigenvalue weighted by Crippen LogP contribution is -2.46. The Morgan fingerprint density at radius 2 is 0.782 bits per heavy atom. The average molecular weight is 776 g/mol. The zero-order valence-corrected chi connectivity index (χ0v) is 37.1. The Balaban J connectivity index is 3.55. The van der Waals surface area contributed by atoms with Crippen LogP contribution in [0.4, 0.5) is 0 Å². The molecule has 5 nitrogen and oxygen atoms in total. The lowest BCUT2D eigenvalue weighted by molar-refractivity contribution is -0.125. The van der Waals surface area contributed by atoms with Crippen molar-refractivity contribution < 1.29 is 20.1 Å². The van der Waals surface area contributed by atoms with E-state index in [2.05, 4.69) is 43.5 Å². The molecule has 0 aliphatic rings. The largest absolute Gasteiger partial charge is 0.394 e. The van der Waals surface area contributed by atoms with Gasteiger partial charge in [-0.3, -0.25) is 4.79 Å². The summed E-state index contributed by atoms with van der Waals surface area (Å²) in [6, 6.07) is -0.657. The third kappa shape index (κ3) is 42.3. The lowest BCUT2D eigenvalue weighted by Gasteiger charge is -2.23. The zero-order chi connectivity index (χ0) is 40.1. The first-order valence-electron chi connectivity index (χ1n) is 24.6. The smallest absolute Gasteiger partial charge is 0.222 e. The summed E-state index contributed by atoms with van der Waals surface area (Å²) in [5, 5.41) is 33.4. The second kappa shape index (κ2) is 45.5. The summed E-state index contributed by atoms with van der Waals surface area (Å²) in [5.74, 6) is -0.283. The van der Waals surface area contributed by atoms with Gasteiger partial charge in [0.15, 0.2) is 0 Å². The number of rotatable bonds is 45. The van der Waals surface area contributed by atoms with Crippen molar-refractivity contribution in [3.05, 3.63) is 24.3 Å². The van der Waals surface area contributed by atoms with Crippen LogP contribution in [0.1, 0.15) is 264 Å². The van der Waals surface area contributed by atoms with Crippen LogP contribution in [0, 0.1) is 0 Å². The maximum absolute atomic E-state index is 12.5. The molecule has 0 radical (unpaired) electrons. The molecular formula is C50H97NO4. The van der Waals surface area contributed by atoms with Gasteiger partial charge in [-0.15, -0.1) is 0 Å². The normalized spacial score (nSPS) is 13.6. The van der Waals surface area contributed by atoms with Crippen molar-refractivity contribution in [3.63, 3.8) is 0 Å². The van der Waals surface area contributed by atoms with Gasteiger partial charge in [0, 0.05) is 0 Å². The minimum Gasteiger partial charge on any atom is -0.394 e. The number of hydrogen-bond donors (Lipinski definition) is 4. The number of aliphatic hydroxyl groups excluding tert-OH is 3. The second-order valence-electron chi connectivity index (χ2n) is 17.1. The number of carbonyl (C=O) groups excluding carboxylic acids is 1. The molecule has 0 aromatic heterocycles. The van der Waals surface area contributed by atoms with Crippen molar-refractivity contribution >= 4 is 5.91 Å². The molecule has 0 aliphatic heterocycles. The van der Waals surface area contributed by atoms with Gasteiger partial charge >= 0.3 is 0 Å². The Kier molecular flexibility index (Phi) is 44.6. The van der Waals surface area contributed by atoms with Crippen LogP contribution in [0.2, 0.25) is 0 Å². The Hall–Kier alpha value is -1.17. The predicted molar refractivity (Wildman–Crippen MR) is 241 cm³/mol. The van der Waals surface area contributed by atoms with E-state index in [0.29, 0.717) is 12.8 Å². The van der Waals surface area contributed by atoms with E-state index in [4.69, 9.17) is 0 Å². The van der Waals surface area contributed by atoms with E-state index in [1.54, 1.807) is 0 Å². The van der Waals surface area contributed by atoms with Crippen LogP contribution in [-0.4, -0.2) is 46.1 Å². The summed E-state index contributed by atoms with van der Waals surface area (Å²) in [6.45, 7) is 4.27. The van der Waals surface area contributed by atoms with Gasteiger partial charge in [-0.05, 0) is 44.9 Å². The molecule has 5 heteroatoms. The summed E-state index contributed by atoms with van der Waals surface area (Å²) < 4.78 is 0. The number of amides is 1. The Labute approximate surface area is 343 Å². The van der Waals surface area contributed by atoms with Gasteiger partial charge in [0.2, 0.25) is 5.91 Å². The summed E-state index contributed by atoms with van der Waals surface area (Å²) in [5.41, 5.74) is 0. The maximum atomic E-state index is 12.5. The SMILES string of the molecule is CCCCCCCCCCC/C=C\C/C=C\CCCCCCCCCCCCCC(O)CC(=O)NC(CO)C(O)CCCCCCCCCCCCCCC. The first kappa shape index (κ1) is 53.8. The van der Waals surface area contributed by atoms with Crippen molar-refractivity contribution in [2.45, 2.75) is 283 Å². The topological polar surface area (TPSA) is 89.8 Å². The van der Waals surface area contributed by atoms with Gasteiger partial charge in [-0.1, -0.05) is 237 Å². The molecular weight excluding hydrogens is 679 g/mol. The molecule has 0 rings (SSSR count). The molecule has 3 atom stereocenters. The van der Waals surface area contributed by atoms with Gasteiger partial charge in [0.1, 0.15) is 0 Å².